The highest BCUT2D eigenvalue weighted by atomic mass is 79.9. The van der Waals surface area contributed by atoms with Crippen LogP contribution in [0.4, 0.5) is 5.69 Å². The second-order valence-electron chi connectivity index (χ2n) is 3.57. The molecule has 0 saturated heterocycles. The highest BCUT2D eigenvalue weighted by Gasteiger charge is 2.11. The molecule has 0 fully saturated rings. The van der Waals surface area contributed by atoms with Crippen LogP contribution in [-0.4, -0.2) is 22.7 Å². The van der Waals surface area contributed by atoms with Gasteiger partial charge in [-0.15, -0.1) is 0 Å². The maximum absolute atomic E-state index is 9.13. The molecule has 0 unspecified atom stereocenters. The number of pyridine rings is 1. The molecule has 78 valence electrons. The minimum Gasteiger partial charge on any atom is -0.394 e. The number of aromatic nitrogens is 1. The summed E-state index contributed by atoms with van der Waals surface area (Å²) in [5.74, 6) is 0.388. The standard InChI is InChI=1S/C10H15BrN2O/c1-7(2)10(6-14)13-9-3-8(11)4-12-5-9/h3-5,7,10,13-14H,6H2,1-2H3/t10-/m0/s1. The van der Waals surface area contributed by atoms with Crippen molar-refractivity contribution in [2.24, 2.45) is 5.92 Å². The molecule has 0 amide bonds. The lowest BCUT2D eigenvalue weighted by molar-refractivity contribution is 0.249. The Bertz CT molecular complexity index is 291. The Balaban J connectivity index is 2.67. The van der Waals surface area contributed by atoms with Gasteiger partial charge < -0.3 is 10.4 Å². The molecular weight excluding hydrogens is 244 g/mol. The van der Waals surface area contributed by atoms with Crippen LogP contribution >= 0.6 is 15.9 Å². The third-order valence-electron chi connectivity index (χ3n) is 2.06. The van der Waals surface area contributed by atoms with Gasteiger partial charge in [-0.1, -0.05) is 13.8 Å². The van der Waals surface area contributed by atoms with Gasteiger partial charge >= 0.3 is 0 Å². The Morgan fingerprint density at radius 1 is 1.50 bits per heavy atom. The summed E-state index contributed by atoms with van der Waals surface area (Å²) >= 11 is 3.35. The second kappa shape index (κ2) is 5.32. The maximum atomic E-state index is 9.13. The summed E-state index contributed by atoms with van der Waals surface area (Å²) in [6.45, 7) is 4.27. The van der Waals surface area contributed by atoms with E-state index in [1.54, 1.807) is 12.4 Å². The van der Waals surface area contributed by atoms with Gasteiger partial charge in [-0.05, 0) is 27.9 Å². The molecule has 0 aliphatic carbocycles. The van der Waals surface area contributed by atoms with Crippen LogP contribution in [-0.2, 0) is 0 Å². The number of halogens is 1. The summed E-state index contributed by atoms with van der Waals surface area (Å²) < 4.78 is 0.933. The molecule has 1 rings (SSSR count). The molecule has 1 heterocycles. The van der Waals surface area contributed by atoms with Crippen LogP contribution in [0.3, 0.4) is 0 Å². The van der Waals surface area contributed by atoms with Crippen LogP contribution in [0.1, 0.15) is 13.8 Å². The van der Waals surface area contributed by atoms with Crippen LogP contribution in [0.15, 0.2) is 22.9 Å². The number of hydrogen-bond acceptors (Lipinski definition) is 3. The smallest absolute Gasteiger partial charge is 0.0635 e. The lowest BCUT2D eigenvalue weighted by Crippen LogP contribution is -2.29. The van der Waals surface area contributed by atoms with Gasteiger partial charge in [0.1, 0.15) is 0 Å². The fourth-order valence-corrected chi connectivity index (χ4v) is 1.49. The Hall–Kier alpha value is -0.610. The average molecular weight is 259 g/mol. The summed E-state index contributed by atoms with van der Waals surface area (Å²) in [4.78, 5) is 4.04. The van der Waals surface area contributed by atoms with Gasteiger partial charge in [0, 0.05) is 10.7 Å². The van der Waals surface area contributed by atoms with E-state index in [9.17, 15) is 0 Å². The monoisotopic (exact) mass is 258 g/mol. The molecule has 1 atom stereocenters. The quantitative estimate of drug-likeness (QED) is 0.871. The topological polar surface area (TPSA) is 45.1 Å². The van der Waals surface area contributed by atoms with Crippen molar-refractivity contribution in [3.05, 3.63) is 22.9 Å². The van der Waals surface area contributed by atoms with Crippen molar-refractivity contribution < 1.29 is 5.11 Å². The molecule has 14 heavy (non-hydrogen) atoms. The summed E-state index contributed by atoms with van der Waals surface area (Å²) in [5, 5.41) is 12.4. The molecule has 0 bridgehead atoms. The predicted molar refractivity (Wildman–Crippen MR) is 61.3 cm³/mol. The van der Waals surface area contributed by atoms with Crippen molar-refractivity contribution in [3.8, 4) is 0 Å². The number of nitrogens with one attached hydrogen (secondary N) is 1. The van der Waals surface area contributed by atoms with E-state index in [2.05, 4.69) is 40.1 Å². The molecule has 0 aromatic carbocycles. The summed E-state index contributed by atoms with van der Waals surface area (Å²) in [7, 11) is 0. The Morgan fingerprint density at radius 3 is 2.71 bits per heavy atom. The number of aliphatic hydroxyl groups is 1. The molecule has 0 radical (unpaired) electrons. The lowest BCUT2D eigenvalue weighted by Gasteiger charge is -2.20. The van der Waals surface area contributed by atoms with Crippen LogP contribution in [0.5, 0.6) is 0 Å². The van der Waals surface area contributed by atoms with Crippen molar-refractivity contribution in [3.63, 3.8) is 0 Å². The molecule has 0 aliphatic heterocycles. The molecule has 0 saturated carbocycles. The Morgan fingerprint density at radius 2 is 2.21 bits per heavy atom. The van der Waals surface area contributed by atoms with Gasteiger partial charge in [-0.25, -0.2) is 0 Å². The van der Waals surface area contributed by atoms with E-state index >= 15 is 0 Å². The first-order valence-corrected chi connectivity index (χ1v) is 5.40. The van der Waals surface area contributed by atoms with E-state index in [4.69, 9.17) is 5.11 Å². The largest absolute Gasteiger partial charge is 0.394 e. The summed E-state index contributed by atoms with van der Waals surface area (Å²) in [6.07, 6.45) is 3.48. The van der Waals surface area contributed by atoms with Gasteiger partial charge in [0.25, 0.3) is 0 Å². The molecule has 3 nitrogen and oxygen atoms in total. The number of anilines is 1. The summed E-state index contributed by atoms with van der Waals surface area (Å²) in [5.41, 5.74) is 0.923. The average Bonchev–Trinajstić information content (AvgIpc) is 2.14. The number of rotatable bonds is 4. The van der Waals surface area contributed by atoms with E-state index in [1.807, 2.05) is 6.07 Å². The second-order valence-corrected chi connectivity index (χ2v) is 4.48. The van der Waals surface area contributed by atoms with Gasteiger partial charge in [0.15, 0.2) is 0 Å². The van der Waals surface area contributed by atoms with Crippen molar-refractivity contribution in [1.82, 2.24) is 4.98 Å². The zero-order chi connectivity index (χ0) is 10.6. The first-order chi connectivity index (χ1) is 6.63. The molecule has 1 aromatic heterocycles. The van der Waals surface area contributed by atoms with Crippen LogP contribution < -0.4 is 5.32 Å². The van der Waals surface area contributed by atoms with E-state index in [0.717, 1.165) is 10.2 Å². The van der Waals surface area contributed by atoms with Gasteiger partial charge in [-0.2, -0.15) is 0 Å². The molecule has 2 N–H and O–H groups in total. The van der Waals surface area contributed by atoms with Crippen molar-refractivity contribution in [2.45, 2.75) is 19.9 Å². The van der Waals surface area contributed by atoms with Crippen molar-refractivity contribution in [1.29, 1.82) is 0 Å². The predicted octanol–water partition coefficient (Wildman–Crippen LogP) is 2.27. The fraction of sp³-hybridized carbons (Fsp3) is 0.500. The Labute approximate surface area is 92.7 Å². The number of aliphatic hydroxyl groups excluding tert-OH is 1. The molecule has 1 aromatic rings. The van der Waals surface area contributed by atoms with Crippen LogP contribution in [0.2, 0.25) is 0 Å². The van der Waals surface area contributed by atoms with E-state index in [0.29, 0.717) is 5.92 Å². The maximum Gasteiger partial charge on any atom is 0.0635 e. The molecular formula is C10H15BrN2O. The normalized spacial score (nSPS) is 12.9. The summed E-state index contributed by atoms with van der Waals surface area (Å²) in [6, 6.07) is 2.02. The third kappa shape index (κ3) is 3.27. The van der Waals surface area contributed by atoms with Gasteiger partial charge in [-0.3, -0.25) is 4.98 Å². The van der Waals surface area contributed by atoms with Gasteiger partial charge in [0.2, 0.25) is 0 Å². The molecule has 0 spiro atoms. The third-order valence-corrected chi connectivity index (χ3v) is 2.49. The van der Waals surface area contributed by atoms with E-state index in [-0.39, 0.29) is 12.6 Å². The van der Waals surface area contributed by atoms with Crippen molar-refractivity contribution in [2.75, 3.05) is 11.9 Å². The zero-order valence-corrected chi connectivity index (χ0v) is 9.95. The zero-order valence-electron chi connectivity index (χ0n) is 8.37. The van der Waals surface area contributed by atoms with Crippen LogP contribution in [0, 0.1) is 5.92 Å². The fourth-order valence-electron chi connectivity index (χ4n) is 1.13. The minimum atomic E-state index is 0.0751. The SMILES string of the molecule is CC(C)[C@H](CO)Nc1cncc(Br)c1. The number of nitrogens with zero attached hydrogens (tertiary/aromatic N) is 1. The minimum absolute atomic E-state index is 0.0751. The van der Waals surface area contributed by atoms with E-state index < -0.39 is 0 Å². The van der Waals surface area contributed by atoms with Gasteiger partial charge in [0.05, 0.1) is 24.5 Å². The lowest BCUT2D eigenvalue weighted by atomic mass is 10.1. The van der Waals surface area contributed by atoms with Crippen LogP contribution in [0.25, 0.3) is 0 Å². The molecule has 4 heteroatoms. The Kier molecular flexibility index (Phi) is 4.35. The molecule has 0 aliphatic rings. The first-order valence-electron chi connectivity index (χ1n) is 4.61. The highest BCUT2D eigenvalue weighted by Crippen LogP contribution is 2.16. The first kappa shape index (κ1) is 11.5. The highest BCUT2D eigenvalue weighted by molar-refractivity contribution is 9.10. The van der Waals surface area contributed by atoms with E-state index in [1.165, 1.54) is 0 Å². The number of hydrogen-bond donors (Lipinski definition) is 2. The van der Waals surface area contributed by atoms with Crippen molar-refractivity contribution >= 4 is 21.6 Å².